The summed E-state index contributed by atoms with van der Waals surface area (Å²) >= 11 is 0. The fourth-order valence-electron chi connectivity index (χ4n) is 3.40. The minimum atomic E-state index is -3.50. The molecule has 0 unspecified atom stereocenters. The molecule has 1 saturated heterocycles. The van der Waals surface area contributed by atoms with Crippen LogP contribution in [0.5, 0.6) is 0 Å². The monoisotopic (exact) mass is 416 g/mol. The molecular weight excluding hydrogens is 392 g/mol. The molecule has 0 spiro atoms. The van der Waals surface area contributed by atoms with Crippen LogP contribution in [0.2, 0.25) is 0 Å². The molecule has 154 valence electrons. The number of fused-ring (bicyclic) bond motifs is 1. The molecule has 0 amide bonds. The van der Waals surface area contributed by atoms with Crippen molar-refractivity contribution in [3.8, 4) is 0 Å². The molecule has 8 nitrogen and oxygen atoms in total. The Labute approximate surface area is 169 Å². The van der Waals surface area contributed by atoms with Crippen molar-refractivity contribution < 1.29 is 12.9 Å². The molecule has 3 aromatic rings. The zero-order chi connectivity index (χ0) is 20.8. The standard InChI is InChI=1S/C20H24N4O4S/c1-20(2,3)18-8-9-19(25)24(21-18)12-14-10-23(11-14)29(26,27)13-16-15-6-4-5-7-17(15)28-22-16/h4-9,14H,10-13H2,1-3H3. The van der Waals surface area contributed by atoms with Gasteiger partial charge in [-0.3, -0.25) is 4.79 Å². The largest absolute Gasteiger partial charge is 0.356 e. The molecule has 0 radical (unpaired) electrons. The lowest BCUT2D eigenvalue weighted by molar-refractivity contribution is 0.171. The Kier molecular flexibility index (Phi) is 4.82. The van der Waals surface area contributed by atoms with E-state index < -0.39 is 10.0 Å². The number of sulfonamides is 1. The summed E-state index contributed by atoms with van der Waals surface area (Å²) in [7, 11) is -3.50. The van der Waals surface area contributed by atoms with Crippen LogP contribution in [0.3, 0.4) is 0 Å². The van der Waals surface area contributed by atoms with Gasteiger partial charge in [0, 0.05) is 35.9 Å². The molecule has 9 heteroatoms. The minimum Gasteiger partial charge on any atom is -0.356 e. The third-order valence-electron chi connectivity index (χ3n) is 5.15. The average molecular weight is 417 g/mol. The summed E-state index contributed by atoms with van der Waals surface area (Å²) in [6.07, 6.45) is 0. The highest BCUT2D eigenvalue weighted by atomic mass is 32.2. The normalized spacial score (nSPS) is 16.2. The van der Waals surface area contributed by atoms with E-state index in [0.29, 0.717) is 36.3 Å². The topological polar surface area (TPSA) is 98.3 Å². The molecule has 1 aromatic carbocycles. The van der Waals surface area contributed by atoms with E-state index in [4.69, 9.17) is 4.52 Å². The molecule has 0 N–H and O–H groups in total. The van der Waals surface area contributed by atoms with Crippen LogP contribution in [0, 0.1) is 5.92 Å². The second-order valence-electron chi connectivity index (χ2n) is 8.55. The lowest BCUT2D eigenvalue weighted by Gasteiger charge is -2.38. The number of hydrogen-bond donors (Lipinski definition) is 0. The molecule has 0 atom stereocenters. The average Bonchev–Trinajstić information content (AvgIpc) is 3.00. The van der Waals surface area contributed by atoms with Crippen molar-refractivity contribution in [3.05, 3.63) is 58.1 Å². The Bertz CT molecular complexity index is 1200. The number of para-hydroxylation sites is 1. The van der Waals surface area contributed by atoms with Crippen LogP contribution >= 0.6 is 0 Å². The number of nitrogens with zero attached hydrogens (tertiary/aromatic N) is 4. The van der Waals surface area contributed by atoms with Crippen LogP contribution in [0.15, 0.2) is 45.7 Å². The molecule has 1 aliphatic heterocycles. The van der Waals surface area contributed by atoms with Gasteiger partial charge in [0.25, 0.3) is 5.56 Å². The van der Waals surface area contributed by atoms with E-state index in [2.05, 4.69) is 10.3 Å². The minimum absolute atomic E-state index is 0.0549. The van der Waals surface area contributed by atoms with Crippen LogP contribution in [-0.4, -0.2) is 40.7 Å². The third-order valence-corrected chi connectivity index (χ3v) is 6.88. The summed E-state index contributed by atoms with van der Waals surface area (Å²) in [5.41, 5.74) is 1.49. The van der Waals surface area contributed by atoms with E-state index >= 15 is 0 Å². The number of hydrogen-bond acceptors (Lipinski definition) is 6. The van der Waals surface area contributed by atoms with Crippen molar-refractivity contribution in [1.82, 2.24) is 19.2 Å². The fourth-order valence-corrected chi connectivity index (χ4v) is 5.01. The predicted molar refractivity (Wildman–Crippen MR) is 109 cm³/mol. The highest BCUT2D eigenvalue weighted by molar-refractivity contribution is 7.88. The molecule has 2 aromatic heterocycles. The second kappa shape index (κ2) is 7.07. The summed E-state index contributed by atoms with van der Waals surface area (Å²) < 4.78 is 33.5. The van der Waals surface area contributed by atoms with Gasteiger partial charge in [-0.25, -0.2) is 17.4 Å². The van der Waals surface area contributed by atoms with Gasteiger partial charge >= 0.3 is 0 Å². The molecule has 1 aliphatic rings. The van der Waals surface area contributed by atoms with Gasteiger partial charge in [0.15, 0.2) is 5.58 Å². The Balaban J connectivity index is 1.43. The quantitative estimate of drug-likeness (QED) is 0.632. The van der Waals surface area contributed by atoms with Crippen molar-refractivity contribution in [2.24, 2.45) is 5.92 Å². The molecule has 0 saturated carbocycles. The van der Waals surface area contributed by atoms with Gasteiger partial charge in [0.1, 0.15) is 11.4 Å². The van der Waals surface area contributed by atoms with Gasteiger partial charge in [0.05, 0.1) is 12.2 Å². The number of rotatable bonds is 5. The first kappa shape index (κ1) is 19.8. The third kappa shape index (κ3) is 3.97. The highest BCUT2D eigenvalue weighted by Crippen LogP contribution is 2.26. The van der Waals surface area contributed by atoms with Gasteiger partial charge in [-0.15, -0.1) is 0 Å². The molecule has 0 aliphatic carbocycles. The van der Waals surface area contributed by atoms with Crippen molar-refractivity contribution >= 4 is 21.0 Å². The maximum absolute atomic E-state index is 12.7. The zero-order valence-corrected chi connectivity index (χ0v) is 17.5. The lowest BCUT2D eigenvalue weighted by atomic mass is 9.92. The molecule has 0 bridgehead atoms. The Morgan fingerprint density at radius 2 is 1.86 bits per heavy atom. The van der Waals surface area contributed by atoms with Gasteiger partial charge in [0.2, 0.25) is 10.0 Å². The van der Waals surface area contributed by atoms with E-state index in [9.17, 15) is 13.2 Å². The first-order valence-electron chi connectivity index (χ1n) is 9.53. The molecule has 29 heavy (non-hydrogen) atoms. The smallest absolute Gasteiger partial charge is 0.266 e. The Hall–Kier alpha value is -2.52. The van der Waals surface area contributed by atoms with E-state index in [1.807, 2.05) is 32.9 Å². The van der Waals surface area contributed by atoms with Gasteiger partial charge in [-0.2, -0.15) is 5.10 Å². The SMILES string of the molecule is CC(C)(C)c1ccc(=O)n(CC2CN(S(=O)(=O)Cc3noc4ccccc34)C2)n1. The van der Waals surface area contributed by atoms with Crippen molar-refractivity contribution in [3.63, 3.8) is 0 Å². The first-order chi connectivity index (χ1) is 13.6. The maximum atomic E-state index is 12.7. The van der Waals surface area contributed by atoms with Crippen molar-refractivity contribution in [2.75, 3.05) is 13.1 Å². The fraction of sp³-hybridized carbons (Fsp3) is 0.450. The van der Waals surface area contributed by atoms with Crippen LogP contribution in [0.25, 0.3) is 11.0 Å². The maximum Gasteiger partial charge on any atom is 0.266 e. The Morgan fingerprint density at radius 1 is 1.14 bits per heavy atom. The van der Waals surface area contributed by atoms with Gasteiger partial charge in [-0.1, -0.05) is 38.1 Å². The second-order valence-corrected chi connectivity index (χ2v) is 10.5. The molecule has 1 fully saturated rings. The molecule has 4 rings (SSSR count). The van der Waals surface area contributed by atoms with Crippen molar-refractivity contribution in [1.29, 1.82) is 0 Å². The Morgan fingerprint density at radius 3 is 2.59 bits per heavy atom. The summed E-state index contributed by atoms with van der Waals surface area (Å²) in [6.45, 7) is 7.25. The van der Waals surface area contributed by atoms with Crippen LogP contribution in [0.1, 0.15) is 32.2 Å². The van der Waals surface area contributed by atoms with Crippen LogP contribution in [-0.2, 0) is 27.7 Å². The van der Waals surface area contributed by atoms with E-state index in [1.54, 1.807) is 18.2 Å². The van der Waals surface area contributed by atoms with E-state index in [0.717, 1.165) is 5.69 Å². The predicted octanol–water partition coefficient (Wildman–Crippen LogP) is 2.14. The van der Waals surface area contributed by atoms with Crippen LogP contribution in [0.4, 0.5) is 0 Å². The van der Waals surface area contributed by atoms with Gasteiger partial charge in [-0.05, 0) is 18.2 Å². The summed E-state index contributed by atoms with van der Waals surface area (Å²) in [6, 6.07) is 10.5. The summed E-state index contributed by atoms with van der Waals surface area (Å²) in [4.78, 5) is 12.1. The summed E-state index contributed by atoms with van der Waals surface area (Å²) in [5, 5.41) is 9.09. The molecular formula is C20H24N4O4S. The lowest BCUT2D eigenvalue weighted by Crippen LogP contribution is -2.52. The van der Waals surface area contributed by atoms with Crippen LogP contribution < -0.4 is 5.56 Å². The summed E-state index contributed by atoms with van der Waals surface area (Å²) in [5.74, 6) is -0.145. The van der Waals surface area contributed by atoms with E-state index in [1.165, 1.54) is 15.1 Å². The molecule has 3 heterocycles. The number of aromatic nitrogens is 3. The first-order valence-corrected chi connectivity index (χ1v) is 11.1. The van der Waals surface area contributed by atoms with Crippen molar-refractivity contribution in [2.45, 2.75) is 38.5 Å². The zero-order valence-electron chi connectivity index (χ0n) is 16.7. The van der Waals surface area contributed by atoms with Gasteiger partial charge < -0.3 is 4.52 Å². The highest BCUT2D eigenvalue weighted by Gasteiger charge is 2.37. The van der Waals surface area contributed by atoms with E-state index in [-0.39, 0.29) is 22.6 Å². The number of benzene rings is 1.